The fourth-order valence-electron chi connectivity index (χ4n) is 1.10. The van der Waals surface area contributed by atoms with Gasteiger partial charge in [0.05, 0.1) is 5.69 Å². The van der Waals surface area contributed by atoms with Crippen LogP contribution in [0.25, 0.3) is 0 Å². The van der Waals surface area contributed by atoms with Gasteiger partial charge in [-0.05, 0) is 6.42 Å². The van der Waals surface area contributed by atoms with Gasteiger partial charge in [-0.1, -0.05) is 20.8 Å². The summed E-state index contributed by atoms with van der Waals surface area (Å²) < 4.78 is 0. The molecule has 1 aromatic rings. The van der Waals surface area contributed by atoms with E-state index in [1.807, 2.05) is 20.8 Å². The third-order valence-electron chi connectivity index (χ3n) is 2.39. The molecular weight excluding hydrogens is 154 g/mol. The molecular formula is C9H17NO2. The van der Waals surface area contributed by atoms with Crippen molar-refractivity contribution in [3.8, 4) is 11.5 Å². The van der Waals surface area contributed by atoms with Crippen molar-refractivity contribution >= 4 is 0 Å². The lowest BCUT2D eigenvalue weighted by atomic mass is 9.86. The molecule has 0 aromatic carbocycles. The van der Waals surface area contributed by atoms with Crippen LogP contribution in [0.3, 0.4) is 0 Å². The number of aromatic amines is 1. The summed E-state index contributed by atoms with van der Waals surface area (Å²) in [6.45, 7) is 6.06. The SMILES string of the molecule is CCC(C)(C)c1[nH]cc(O)c1O.[HH]. The summed E-state index contributed by atoms with van der Waals surface area (Å²) >= 11 is 0. The molecule has 0 saturated heterocycles. The third-order valence-corrected chi connectivity index (χ3v) is 2.39. The Morgan fingerprint density at radius 3 is 2.42 bits per heavy atom. The molecule has 0 radical (unpaired) electrons. The van der Waals surface area contributed by atoms with Gasteiger partial charge in [-0.25, -0.2) is 0 Å². The average molecular weight is 171 g/mol. The van der Waals surface area contributed by atoms with E-state index in [0.717, 1.165) is 6.42 Å². The van der Waals surface area contributed by atoms with E-state index in [4.69, 9.17) is 5.11 Å². The molecule has 0 bridgehead atoms. The summed E-state index contributed by atoms with van der Waals surface area (Å²) in [6.07, 6.45) is 2.31. The standard InChI is InChI=1S/C9H15NO2.H2/c1-4-9(2,3)8-7(12)6(11)5-10-8;/h5,10-12H,4H2,1-3H3;1H. The van der Waals surface area contributed by atoms with Crippen LogP contribution in [0.15, 0.2) is 6.20 Å². The van der Waals surface area contributed by atoms with Crippen LogP contribution in [-0.4, -0.2) is 15.2 Å². The van der Waals surface area contributed by atoms with Crippen molar-refractivity contribution in [2.45, 2.75) is 32.6 Å². The van der Waals surface area contributed by atoms with Gasteiger partial charge in [-0.3, -0.25) is 0 Å². The number of hydrogen-bond acceptors (Lipinski definition) is 2. The molecule has 0 atom stereocenters. The summed E-state index contributed by atoms with van der Waals surface area (Å²) in [5.41, 5.74) is 0.577. The summed E-state index contributed by atoms with van der Waals surface area (Å²) in [7, 11) is 0. The van der Waals surface area contributed by atoms with Gasteiger partial charge < -0.3 is 15.2 Å². The maximum Gasteiger partial charge on any atom is 0.179 e. The largest absolute Gasteiger partial charge is 0.503 e. The molecule has 0 unspecified atom stereocenters. The van der Waals surface area contributed by atoms with Crippen molar-refractivity contribution in [1.29, 1.82) is 0 Å². The highest BCUT2D eigenvalue weighted by molar-refractivity contribution is 5.44. The van der Waals surface area contributed by atoms with E-state index in [0.29, 0.717) is 5.69 Å². The van der Waals surface area contributed by atoms with Gasteiger partial charge in [-0.2, -0.15) is 0 Å². The highest BCUT2D eigenvalue weighted by atomic mass is 16.3. The Hall–Kier alpha value is -1.12. The van der Waals surface area contributed by atoms with Gasteiger partial charge in [0.1, 0.15) is 0 Å². The third kappa shape index (κ3) is 1.26. The molecule has 0 aliphatic heterocycles. The smallest absolute Gasteiger partial charge is 0.179 e. The first-order chi connectivity index (χ1) is 5.49. The maximum absolute atomic E-state index is 9.42. The van der Waals surface area contributed by atoms with Crippen LogP contribution in [0.4, 0.5) is 0 Å². The van der Waals surface area contributed by atoms with Gasteiger partial charge in [0.15, 0.2) is 11.5 Å². The number of hydrogen-bond donors (Lipinski definition) is 3. The van der Waals surface area contributed by atoms with E-state index in [9.17, 15) is 5.11 Å². The molecule has 3 heteroatoms. The highest BCUT2D eigenvalue weighted by Gasteiger charge is 2.24. The van der Waals surface area contributed by atoms with Crippen LogP contribution in [-0.2, 0) is 5.41 Å². The number of nitrogens with one attached hydrogen (secondary N) is 1. The summed E-state index contributed by atoms with van der Waals surface area (Å²) in [5.74, 6) is -0.103. The van der Waals surface area contributed by atoms with Gasteiger partial charge in [0.2, 0.25) is 0 Å². The van der Waals surface area contributed by atoms with Gasteiger partial charge in [0.25, 0.3) is 0 Å². The first kappa shape index (κ1) is 8.97. The Morgan fingerprint density at radius 1 is 1.50 bits per heavy atom. The van der Waals surface area contributed by atoms with E-state index >= 15 is 0 Å². The van der Waals surface area contributed by atoms with Crippen molar-refractivity contribution in [1.82, 2.24) is 4.98 Å². The molecule has 3 nitrogen and oxygen atoms in total. The van der Waals surface area contributed by atoms with E-state index in [-0.39, 0.29) is 18.3 Å². The quantitative estimate of drug-likeness (QED) is 0.639. The molecule has 0 spiro atoms. The number of rotatable bonds is 2. The lowest BCUT2D eigenvalue weighted by Crippen LogP contribution is -2.15. The minimum Gasteiger partial charge on any atom is -0.503 e. The van der Waals surface area contributed by atoms with Gasteiger partial charge in [-0.15, -0.1) is 0 Å². The summed E-state index contributed by atoms with van der Waals surface area (Å²) in [6, 6.07) is 0. The zero-order chi connectivity index (χ0) is 9.35. The fraction of sp³-hybridized carbons (Fsp3) is 0.556. The average Bonchev–Trinajstić information content (AvgIpc) is 2.33. The maximum atomic E-state index is 9.42. The predicted molar refractivity (Wildman–Crippen MR) is 49.6 cm³/mol. The number of aromatic nitrogens is 1. The zero-order valence-electron chi connectivity index (χ0n) is 7.68. The van der Waals surface area contributed by atoms with Crippen molar-refractivity contribution in [3.63, 3.8) is 0 Å². The van der Waals surface area contributed by atoms with Crippen LogP contribution >= 0.6 is 0 Å². The Labute approximate surface area is 73.5 Å². The molecule has 70 valence electrons. The molecule has 1 aromatic heterocycles. The molecule has 0 aliphatic rings. The summed E-state index contributed by atoms with van der Waals surface area (Å²) in [5, 5.41) is 18.5. The van der Waals surface area contributed by atoms with Gasteiger partial charge >= 0.3 is 0 Å². The molecule has 0 amide bonds. The van der Waals surface area contributed by atoms with Crippen LogP contribution in [0, 0.1) is 0 Å². The second-order valence-electron chi connectivity index (χ2n) is 3.63. The van der Waals surface area contributed by atoms with E-state index in [2.05, 4.69) is 4.98 Å². The second-order valence-corrected chi connectivity index (χ2v) is 3.63. The Kier molecular flexibility index (Phi) is 2.04. The lowest BCUT2D eigenvalue weighted by Gasteiger charge is -2.21. The minimum absolute atomic E-state index is 0. The molecule has 1 rings (SSSR count). The fourth-order valence-corrected chi connectivity index (χ4v) is 1.10. The molecule has 0 fully saturated rings. The van der Waals surface area contributed by atoms with E-state index in [1.165, 1.54) is 6.20 Å². The van der Waals surface area contributed by atoms with Crippen molar-refractivity contribution in [2.24, 2.45) is 0 Å². The van der Waals surface area contributed by atoms with Crippen LogP contribution in [0.2, 0.25) is 0 Å². The Bertz CT molecular complexity index is 281. The first-order valence-corrected chi connectivity index (χ1v) is 4.09. The molecule has 0 saturated carbocycles. The topological polar surface area (TPSA) is 56.2 Å². The normalized spacial score (nSPS) is 11.9. The highest BCUT2D eigenvalue weighted by Crippen LogP contribution is 2.37. The molecule has 3 N–H and O–H groups in total. The van der Waals surface area contributed by atoms with Crippen molar-refractivity contribution in [2.75, 3.05) is 0 Å². The van der Waals surface area contributed by atoms with Crippen LogP contribution in [0.1, 0.15) is 34.3 Å². The van der Waals surface area contributed by atoms with Gasteiger partial charge in [0, 0.05) is 13.0 Å². The first-order valence-electron chi connectivity index (χ1n) is 4.09. The van der Waals surface area contributed by atoms with Crippen LogP contribution in [0.5, 0.6) is 11.5 Å². The Balaban J connectivity index is 0.00000144. The van der Waals surface area contributed by atoms with Crippen LogP contribution < -0.4 is 0 Å². The van der Waals surface area contributed by atoms with E-state index in [1.54, 1.807) is 0 Å². The van der Waals surface area contributed by atoms with Crippen molar-refractivity contribution in [3.05, 3.63) is 11.9 Å². The minimum atomic E-state index is -0.120. The zero-order valence-corrected chi connectivity index (χ0v) is 7.68. The number of H-pyrrole nitrogens is 1. The molecule has 12 heavy (non-hydrogen) atoms. The van der Waals surface area contributed by atoms with E-state index < -0.39 is 0 Å². The monoisotopic (exact) mass is 171 g/mol. The predicted octanol–water partition coefficient (Wildman–Crippen LogP) is 2.36. The summed E-state index contributed by atoms with van der Waals surface area (Å²) in [4.78, 5) is 2.86. The van der Waals surface area contributed by atoms with Crippen molar-refractivity contribution < 1.29 is 11.6 Å². The lowest BCUT2D eigenvalue weighted by molar-refractivity contribution is 0.387. The molecule has 1 heterocycles. The number of aromatic hydroxyl groups is 2. The molecule has 0 aliphatic carbocycles. The second kappa shape index (κ2) is 2.73. The Morgan fingerprint density at radius 2 is 2.08 bits per heavy atom.